The lowest BCUT2D eigenvalue weighted by Crippen LogP contribution is -2.20. The van der Waals surface area contributed by atoms with Gasteiger partial charge in [-0.25, -0.2) is 0 Å². The Morgan fingerprint density at radius 2 is 2.05 bits per heavy atom. The number of nitrogens with zero attached hydrogens (tertiary/aromatic N) is 1. The highest BCUT2D eigenvalue weighted by molar-refractivity contribution is 5.67. The molecule has 0 unspecified atom stereocenters. The Hall–Kier alpha value is -2.07. The first kappa shape index (κ1) is 15.0. The van der Waals surface area contributed by atoms with Gasteiger partial charge in [0, 0.05) is 5.56 Å². The number of nitrogen functional groups attached to an aromatic ring is 1. The van der Waals surface area contributed by atoms with E-state index in [-0.39, 0.29) is 5.56 Å². The maximum absolute atomic E-state index is 12.1. The smallest absolute Gasteiger partial charge is 0.406 e. The van der Waals surface area contributed by atoms with E-state index < -0.39 is 41.1 Å². The summed E-state index contributed by atoms with van der Waals surface area (Å²) in [6.07, 6.45) is -5.01. The van der Waals surface area contributed by atoms with E-state index in [1.54, 1.807) is 0 Å². The van der Waals surface area contributed by atoms with Crippen LogP contribution in [0.5, 0.6) is 5.75 Å². The zero-order valence-corrected chi connectivity index (χ0v) is 9.35. The van der Waals surface area contributed by atoms with Crippen LogP contribution in [0.3, 0.4) is 0 Å². The second kappa shape index (κ2) is 5.28. The van der Waals surface area contributed by atoms with Crippen molar-refractivity contribution in [2.45, 2.75) is 12.4 Å². The summed E-state index contributed by atoms with van der Waals surface area (Å²) in [5, 5.41) is 19.5. The van der Waals surface area contributed by atoms with E-state index in [2.05, 4.69) is 4.74 Å². The molecule has 0 saturated heterocycles. The van der Waals surface area contributed by atoms with Gasteiger partial charge < -0.3 is 21.3 Å². The Morgan fingerprint density at radius 3 is 2.47 bits per heavy atom. The number of ether oxygens (including phenoxy) is 1. The third kappa shape index (κ3) is 3.69. The van der Waals surface area contributed by atoms with Gasteiger partial charge >= 0.3 is 6.36 Å². The number of hydrogen-bond acceptors (Lipinski definition) is 6. The third-order valence-electron chi connectivity index (χ3n) is 2.19. The monoisotopic (exact) mass is 281 g/mol. The van der Waals surface area contributed by atoms with Gasteiger partial charge in [-0.3, -0.25) is 10.1 Å². The van der Waals surface area contributed by atoms with Gasteiger partial charge in [-0.2, -0.15) is 0 Å². The Bertz CT molecular complexity index is 492. The molecule has 0 heterocycles. The second-order valence-corrected chi connectivity index (χ2v) is 3.54. The zero-order valence-electron chi connectivity index (χ0n) is 9.35. The maximum atomic E-state index is 12.1. The fourth-order valence-corrected chi connectivity index (χ4v) is 1.38. The van der Waals surface area contributed by atoms with Crippen molar-refractivity contribution in [3.8, 4) is 5.75 Å². The van der Waals surface area contributed by atoms with Crippen LogP contribution in [0.25, 0.3) is 0 Å². The quantitative estimate of drug-likeness (QED) is 0.430. The number of nitro benzene ring substituents is 1. The molecule has 0 aliphatic heterocycles. The standard InChI is InChI=1S/C9H10F3N3O4/c10-9(11,12)19-4-1-5(6(13)3-16)8(14)7(2-4)15(17)18/h1-2,6,16H,3,13-14H2/t6-/m0/s1. The first-order valence-corrected chi connectivity index (χ1v) is 4.85. The third-order valence-corrected chi connectivity index (χ3v) is 2.19. The van der Waals surface area contributed by atoms with Crippen LogP contribution in [-0.4, -0.2) is 23.0 Å². The van der Waals surface area contributed by atoms with Crippen LogP contribution in [-0.2, 0) is 0 Å². The summed E-state index contributed by atoms with van der Waals surface area (Å²) in [7, 11) is 0. The number of nitrogens with two attached hydrogens (primary N) is 2. The highest BCUT2D eigenvalue weighted by Crippen LogP contribution is 2.35. The van der Waals surface area contributed by atoms with Gasteiger partial charge in [0.2, 0.25) is 0 Å². The molecule has 0 saturated carbocycles. The highest BCUT2D eigenvalue weighted by Gasteiger charge is 2.33. The fraction of sp³-hybridized carbons (Fsp3) is 0.333. The molecular formula is C9H10F3N3O4. The molecule has 0 spiro atoms. The average molecular weight is 281 g/mol. The Balaban J connectivity index is 3.35. The van der Waals surface area contributed by atoms with Gasteiger partial charge in [0.1, 0.15) is 11.4 Å². The van der Waals surface area contributed by atoms with Crippen molar-refractivity contribution in [1.82, 2.24) is 0 Å². The van der Waals surface area contributed by atoms with Crippen LogP contribution < -0.4 is 16.2 Å². The molecule has 19 heavy (non-hydrogen) atoms. The number of anilines is 1. The topological polar surface area (TPSA) is 125 Å². The van der Waals surface area contributed by atoms with E-state index in [4.69, 9.17) is 16.6 Å². The number of rotatable bonds is 4. The summed E-state index contributed by atoms with van der Waals surface area (Å²) >= 11 is 0. The van der Waals surface area contributed by atoms with Gasteiger partial charge in [0.25, 0.3) is 5.69 Å². The van der Waals surface area contributed by atoms with Gasteiger partial charge in [0.05, 0.1) is 23.6 Å². The van der Waals surface area contributed by atoms with Gasteiger partial charge in [-0.05, 0) is 6.07 Å². The van der Waals surface area contributed by atoms with E-state index in [1.807, 2.05) is 0 Å². The fourth-order valence-electron chi connectivity index (χ4n) is 1.38. The minimum absolute atomic E-state index is 0.198. The van der Waals surface area contributed by atoms with E-state index in [1.165, 1.54) is 0 Å². The molecule has 5 N–H and O–H groups in total. The molecular weight excluding hydrogens is 271 g/mol. The van der Waals surface area contributed by atoms with E-state index in [0.29, 0.717) is 6.07 Å². The number of alkyl halides is 3. The van der Waals surface area contributed by atoms with E-state index in [0.717, 1.165) is 6.07 Å². The van der Waals surface area contributed by atoms with Crippen LogP contribution in [0, 0.1) is 10.1 Å². The lowest BCUT2D eigenvalue weighted by Gasteiger charge is -2.15. The first-order valence-electron chi connectivity index (χ1n) is 4.85. The normalized spacial score (nSPS) is 13.1. The van der Waals surface area contributed by atoms with Crippen molar-refractivity contribution in [2.24, 2.45) is 5.73 Å². The van der Waals surface area contributed by atoms with Crippen molar-refractivity contribution in [2.75, 3.05) is 12.3 Å². The summed E-state index contributed by atoms with van der Waals surface area (Å²) < 4.78 is 39.8. The van der Waals surface area contributed by atoms with Crippen LogP contribution in [0.4, 0.5) is 24.5 Å². The van der Waals surface area contributed by atoms with Gasteiger partial charge in [-0.1, -0.05) is 0 Å². The SMILES string of the molecule is Nc1c([C@@H](N)CO)cc(OC(F)(F)F)cc1[N+](=O)[O-]. The number of aliphatic hydroxyl groups is 1. The minimum Gasteiger partial charge on any atom is -0.406 e. The van der Waals surface area contributed by atoms with Gasteiger partial charge in [-0.15, -0.1) is 13.2 Å². The number of hydrogen-bond donors (Lipinski definition) is 3. The average Bonchev–Trinajstić information content (AvgIpc) is 2.27. The number of halogens is 3. The van der Waals surface area contributed by atoms with Crippen molar-refractivity contribution < 1.29 is 27.9 Å². The predicted octanol–water partition coefficient (Wildman–Crippen LogP) is 1.07. The van der Waals surface area contributed by atoms with Gasteiger partial charge in [0.15, 0.2) is 0 Å². The summed E-state index contributed by atoms with van der Waals surface area (Å²) in [5.74, 6) is -0.827. The van der Waals surface area contributed by atoms with E-state index >= 15 is 0 Å². The summed E-state index contributed by atoms with van der Waals surface area (Å²) in [4.78, 5) is 9.72. The van der Waals surface area contributed by atoms with Crippen molar-refractivity contribution in [1.29, 1.82) is 0 Å². The van der Waals surface area contributed by atoms with Crippen LogP contribution in [0.1, 0.15) is 11.6 Å². The second-order valence-electron chi connectivity index (χ2n) is 3.54. The molecule has 106 valence electrons. The molecule has 0 aliphatic carbocycles. The summed E-state index contributed by atoms with van der Waals surface area (Å²) in [6.45, 7) is -0.642. The molecule has 0 aromatic heterocycles. The first-order chi connectivity index (χ1) is 8.65. The Kier molecular flexibility index (Phi) is 4.17. The summed E-state index contributed by atoms with van der Waals surface area (Å²) in [5.41, 5.74) is 9.44. The largest absolute Gasteiger partial charge is 0.573 e. The zero-order chi connectivity index (χ0) is 14.8. The molecule has 0 bridgehead atoms. The van der Waals surface area contributed by atoms with Crippen LogP contribution >= 0.6 is 0 Å². The van der Waals surface area contributed by atoms with Crippen LogP contribution in [0.15, 0.2) is 12.1 Å². The molecule has 7 nitrogen and oxygen atoms in total. The lowest BCUT2D eigenvalue weighted by atomic mass is 10.0. The molecule has 1 aromatic rings. The lowest BCUT2D eigenvalue weighted by molar-refractivity contribution is -0.384. The summed E-state index contributed by atoms with van der Waals surface area (Å²) in [6, 6.07) is 0.183. The maximum Gasteiger partial charge on any atom is 0.573 e. The molecule has 1 atom stereocenters. The van der Waals surface area contributed by atoms with Crippen molar-refractivity contribution >= 4 is 11.4 Å². The molecule has 1 rings (SSSR count). The number of benzene rings is 1. The van der Waals surface area contributed by atoms with Crippen molar-refractivity contribution in [3.63, 3.8) is 0 Å². The Labute approximate surface area is 104 Å². The van der Waals surface area contributed by atoms with Crippen molar-refractivity contribution in [3.05, 3.63) is 27.8 Å². The van der Waals surface area contributed by atoms with E-state index in [9.17, 15) is 23.3 Å². The predicted molar refractivity (Wildman–Crippen MR) is 58.2 cm³/mol. The number of nitro groups is 1. The molecule has 0 fully saturated rings. The van der Waals surface area contributed by atoms with Crippen LogP contribution in [0.2, 0.25) is 0 Å². The molecule has 0 amide bonds. The number of aliphatic hydroxyl groups excluding tert-OH is 1. The molecule has 0 radical (unpaired) electrons. The molecule has 10 heteroatoms. The minimum atomic E-state index is -5.01. The molecule has 0 aliphatic rings. The molecule has 1 aromatic carbocycles. The highest BCUT2D eigenvalue weighted by atomic mass is 19.4. The Morgan fingerprint density at radius 1 is 1.47 bits per heavy atom.